The number of carbonyl (C=O) groups is 1. The summed E-state index contributed by atoms with van der Waals surface area (Å²) in [6.45, 7) is 5.78. The number of nitrogens with zero attached hydrogens (tertiary/aromatic N) is 4. The second-order valence-electron chi connectivity index (χ2n) is 8.10. The zero-order valence-corrected chi connectivity index (χ0v) is 17.0. The Hall–Kier alpha value is -2.45. The van der Waals surface area contributed by atoms with Gasteiger partial charge in [-0.2, -0.15) is 0 Å². The highest BCUT2D eigenvalue weighted by Gasteiger charge is 2.36. The predicted octanol–water partition coefficient (Wildman–Crippen LogP) is 1.45. The van der Waals surface area contributed by atoms with Crippen molar-refractivity contribution in [2.45, 2.75) is 38.9 Å². The van der Waals surface area contributed by atoms with Gasteiger partial charge in [0.05, 0.1) is 5.69 Å². The molecule has 2 aromatic heterocycles. The number of hydrogen-bond acceptors (Lipinski definition) is 6. The molecule has 156 valence electrons. The molecular weight excluding hydrogens is 372 g/mol. The van der Waals surface area contributed by atoms with Crippen LogP contribution >= 0.6 is 0 Å². The van der Waals surface area contributed by atoms with Crippen molar-refractivity contribution in [1.82, 2.24) is 19.5 Å². The van der Waals surface area contributed by atoms with Gasteiger partial charge in [0.2, 0.25) is 5.91 Å². The summed E-state index contributed by atoms with van der Waals surface area (Å²) in [4.78, 5) is 29.5. The van der Waals surface area contributed by atoms with Gasteiger partial charge in [0.1, 0.15) is 12.9 Å². The first kappa shape index (κ1) is 19.8. The van der Waals surface area contributed by atoms with Gasteiger partial charge in [-0.25, -0.2) is 0 Å². The molecule has 2 atom stereocenters. The Morgan fingerprint density at radius 2 is 2.14 bits per heavy atom. The van der Waals surface area contributed by atoms with Gasteiger partial charge in [-0.15, -0.1) is 0 Å². The Morgan fingerprint density at radius 3 is 2.90 bits per heavy atom. The first-order chi connectivity index (χ1) is 14.0. The molecule has 0 saturated carbocycles. The van der Waals surface area contributed by atoms with Gasteiger partial charge in [0.15, 0.2) is 0 Å². The molecule has 29 heavy (non-hydrogen) atoms. The maximum absolute atomic E-state index is 13.1. The van der Waals surface area contributed by atoms with Gasteiger partial charge in [0, 0.05) is 62.6 Å². The summed E-state index contributed by atoms with van der Waals surface area (Å²) < 4.78 is 12.1. The maximum Gasteiger partial charge on any atom is 0.255 e. The first-order valence-corrected chi connectivity index (χ1v) is 10.2. The van der Waals surface area contributed by atoms with Crippen LogP contribution in [0.25, 0.3) is 0 Å². The Balaban J connectivity index is 1.48. The lowest BCUT2D eigenvalue weighted by Gasteiger charge is -2.43. The van der Waals surface area contributed by atoms with Gasteiger partial charge < -0.3 is 18.7 Å². The van der Waals surface area contributed by atoms with E-state index in [1.54, 1.807) is 6.26 Å². The van der Waals surface area contributed by atoms with Crippen LogP contribution in [0.5, 0.6) is 0 Å². The highest BCUT2D eigenvalue weighted by Crippen LogP contribution is 2.35. The molecule has 4 rings (SSSR count). The zero-order chi connectivity index (χ0) is 20.4. The van der Waals surface area contributed by atoms with Gasteiger partial charge in [-0.3, -0.25) is 14.5 Å². The van der Waals surface area contributed by atoms with E-state index in [4.69, 9.17) is 9.26 Å². The van der Waals surface area contributed by atoms with E-state index in [9.17, 15) is 9.59 Å². The smallest absolute Gasteiger partial charge is 0.255 e. The van der Waals surface area contributed by atoms with Crippen LogP contribution in [0.15, 0.2) is 33.8 Å². The third kappa shape index (κ3) is 4.28. The minimum Gasteiger partial charge on any atom is -0.372 e. The highest BCUT2D eigenvalue weighted by atomic mass is 16.5. The molecular formula is C21H28N4O4. The molecule has 4 heterocycles. The van der Waals surface area contributed by atoms with Crippen molar-refractivity contribution in [1.29, 1.82) is 0 Å². The summed E-state index contributed by atoms with van der Waals surface area (Å²) in [5.41, 5.74) is 2.75. The number of carbonyl (C=O) groups excluding carboxylic acids is 1. The molecule has 0 spiro atoms. The molecule has 0 aromatic carbocycles. The fourth-order valence-electron chi connectivity index (χ4n) is 4.54. The van der Waals surface area contributed by atoms with Crippen LogP contribution in [-0.2, 0) is 29.2 Å². The molecule has 1 saturated heterocycles. The second-order valence-corrected chi connectivity index (χ2v) is 8.10. The van der Waals surface area contributed by atoms with Crippen LogP contribution in [-0.4, -0.2) is 58.8 Å². The van der Waals surface area contributed by atoms with Crippen molar-refractivity contribution in [2.75, 3.05) is 33.4 Å². The molecule has 2 aliphatic heterocycles. The van der Waals surface area contributed by atoms with E-state index in [0.717, 1.165) is 23.4 Å². The van der Waals surface area contributed by atoms with Gasteiger partial charge >= 0.3 is 0 Å². The third-order valence-electron chi connectivity index (χ3n) is 5.83. The first-order valence-electron chi connectivity index (χ1n) is 10.2. The Bertz CT molecular complexity index is 908. The lowest BCUT2D eigenvalue weighted by atomic mass is 9.83. The molecule has 8 heteroatoms. The fraction of sp³-hybridized carbons (Fsp3) is 0.571. The average Bonchev–Trinajstić information content (AvgIpc) is 3.21. The number of amides is 1. The molecule has 0 aliphatic carbocycles. The van der Waals surface area contributed by atoms with Crippen molar-refractivity contribution >= 4 is 5.91 Å². The summed E-state index contributed by atoms with van der Waals surface area (Å²) >= 11 is 0. The van der Waals surface area contributed by atoms with E-state index >= 15 is 0 Å². The van der Waals surface area contributed by atoms with E-state index in [0.29, 0.717) is 45.2 Å². The minimum absolute atomic E-state index is 0.0449. The van der Waals surface area contributed by atoms with Crippen LogP contribution < -0.4 is 5.56 Å². The zero-order valence-electron chi connectivity index (χ0n) is 17.0. The second kappa shape index (κ2) is 8.51. The number of ether oxygens (including phenoxy) is 1. The van der Waals surface area contributed by atoms with Crippen molar-refractivity contribution in [3.63, 3.8) is 0 Å². The summed E-state index contributed by atoms with van der Waals surface area (Å²) in [5.74, 6) is 0.568. The summed E-state index contributed by atoms with van der Waals surface area (Å²) in [5, 5.41) is 3.93. The Morgan fingerprint density at radius 1 is 1.28 bits per heavy atom. The van der Waals surface area contributed by atoms with Crippen LogP contribution in [0.3, 0.4) is 0 Å². The van der Waals surface area contributed by atoms with Crippen molar-refractivity contribution in [3.8, 4) is 0 Å². The van der Waals surface area contributed by atoms with Crippen LogP contribution in [0.4, 0.5) is 0 Å². The molecule has 2 aliphatic rings. The number of aromatic nitrogens is 2. The predicted molar refractivity (Wildman–Crippen MR) is 106 cm³/mol. The molecule has 8 nitrogen and oxygen atoms in total. The number of rotatable bonds is 7. The van der Waals surface area contributed by atoms with Gasteiger partial charge in [-0.1, -0.05) is 11.2 Å². The monoisotopic (exact) mass is 400 g/mol. The molecule has 0 unspecified atom stereocenters. The number of likely N-dealkylation sites (tertiary alicyclic amines) is 1. The lowest BCUT2D eigenvalue weighted by Crippen LogP contribution is -2.50. The van der Waals surface area contributed by atoms with E-state index in [1.165, 1.54) is 0 Å². The van der Waals surface area contributed by atoms with Crippen molar-refractivity contribution < 1.29 is 14.1 Å². The van der Waals surface area contributed by atoms with Crippen LogP contribution in [0, 0.1) is 5.92 Å². The number of pyridine rings is 1. The molecule has 0 N–H and O–H groups in total. The standard InChI is InChI=1S/C21H28N4O4/c1-3-28-14-20(26)24-9-15-8-17(12-24)19-5-4-16(21(27)25(19)10-15)11-23(2)13-18-6-7-29-22-18/h4-7,15,17H,3,8-14H2,1-2H3/t15-,17+/m0/s1. The van der Waals surface area contributed by atoms with Gasteiger partial charge in [0.25, 0.3) is 5.56 Å². The van der Waals surface area contributed by atoms with Gasteiger partial charge in [-0.05, 0) is 32.4 Å². The number of fused-ring (bicyclic) bond motifs is 4. The summed E-state index contributed by atoms with van der Waals surface area (Å²) in [6.07, 6.45) is 2.58. The molecule has 0 radical (unpaired) electrons. The summed E-state index contributed by atoms with van der Waals surface area (Å²) in [7, 11) is 1.97. The Labute approximate surface area is 170 Å². The third-order valence-corrected chi connectivity index (χ3v) is 5.83. The minimum atomic E-state index is 0.0449. The maximum atomic E-state index is 13.1. The normalized spacial score (nSPS) is 20.7. The van der Waals surface area contributed by atoms with Crippen LogP contribution in [0.1, 0.15) is 36.2 Å². The number of hydrogen-bond donors (Lipinski definition) is 0. The van der Waals surface area contributed by atoms with E-state index in [2.05, 4.69) is 16.1 Å². The SMILES string of the molecule is CCOCC(=O)N1C[C@@H]2C[C@H](C1)c1ccc(CN(C)Cc3ccon3)c(=O)n1C2. The van der Waals surface area contributed by atoms with Crippen molar-refractivity contribution in [2.24, 2.45) is 5.92 Å². The number of piperidine rings is 1. The fourth-order valence-corrected chi connectivity index (χ4v) is 4.54. The van der Waals surface area contributed by atoms with Crippen molar-refractivity contribution in [3.05, 3.63) is 51.8 Å². The molecule has 1 amide bonds. The molecule has 1 fully saturated rings. The quantitative estimate of drug-likeness (QED) is 0.700. The molecule has 2 aromatic rings. The van der Waals surface area contributed by atoms with Crippen LogP contribution in [0.2, 0.25) is 0 Å². The topological polar surface area (TPSA) is 80.8 Å². The highest BCUT2D eigenvalue weighted by molar-refractivity contribution is 5.77. The average molecular weight is 400 g/mol. The van der Waals surface area contributed by atoms with E-state index in [1.807, 2.05) is 35.6 Å². The Kier molecular flexibility index (Phi) is 5.82. The largest absolute Gasteiger partial charge is 0.372 e. The van der Waals surface area contributed by atoms with E-state index in [-0.39, 0.29) is 24.0 Å². The lowest BCUT2D eigenvalue weighted by molar-refractivity contribution is -0.138. The summed E-state index contributed by atoms with van der Waals surface area (Å²) in [6, 6.07) is 5.84. The molecule has 2 bridgehead atoms. The van der Waals surface area contributed by atoms with E-state index < -0.39 is 0 Å².